The Hall–Kier alpha value is -2.42. The van der Waals surface area contributed by atoms with Crippen molar-refractivity contribution in [2.24, 2.45) is 0 Å². The molecule has 2 heterocycles. The Morgan fingerprint density at radius 3 is 2.67 bits per heavy atom. The smallest absolute Gasteiger partial charge is 0.362 e. The number of nitrogens with one attached hydrogen (secondary N) is 2. The van der Waals surface area contributed by atoms with E-state index in [1.54, 1.807) is 0 Å². The molecule has 0 radical (unpaired) electrons. The molecule has 0 saturated carbocycles. The molecule has 1 aliphatic rings. The van der Waals surface area contributed by atoms with E-state index >= 15 is 0 Å². The average Bonchev–Trinajstić information content (AvgIpc) is 2.65. The topological polar surface area (TPSA) is 53.1 Å². The zero-order valence-corrected chi connectivity index (χ0v) is 15.6. The van der Waals surface area contributed by atoms with Crippen molar-refractivity contribution in [1.82, 2.24) is 15.3 Å². The molecule has 0 unspecified atom stereocenters. The van der Waals surface area contributed by atoms with Crippen LogP contribution in [0.1, 0.15) is 30.2 Å². The summed E-state index contributed by atoms with van der Waals surface area (Å²) in [4.78, 5) is 9.68. The van der Waals surface area contributed by atoms with E-state index in [1.165, 1.54) is 5.56 Å². The van der Waals surface area contributed by atoms with Gasteiger partial charge in [0.05, 0.1) is 0 Å². The number of aromatic nitrogens is 2. The molecular weight excluding hydrogens is 375 g/mol. The highest BCUT2D eigenvalue weighted by Crippen LogP contribution is 2.32. The van der Waals surface area contributed by atoms with Gasteiger partial charge in [0.1, 0.15) is 5.82 Å². The molecule has 0 atom stereocenters. The van der Waals surface area contributed by atoms with Crippen LogP contribution in [0.5, 0.6) is 0 Å². The van der Waals surface area contributed by atoms with Gasteiger partial charge >= 0.3 is 6.18 Å². The van der Waals surface area contributed by atoms with Gasteiger partial charge < -0.3 is 15.5 Å². The number of anilines is 2. The Morgan fingerprint density at radius 1 is 1.22 bits per heavy atom. The van der Waals surface area contributed by atoms with Crippen LogP contribution in [0.25, 0.3) is 0 Å². The van der Waals surface area contributed by atoms with Crippen molar-refractivity contribution in [2.45, 2.75) is 32.5 Å². The molecule has 1 aromatic heterocycles. The highest BCUT2D eigenvalue weighted by Gasteiger charge is 2.34. The fourth-order valence-corrected chi connectivity index (χ4v) is 3.07. The second-order valence-corrected chi connectivity index (χ2v) is 6.66. The largest absolute Gasteiger partial charge is 0.433 e. The summed E-state index contributed by atoms with van der Waals surface area (Å²) in [5.74, 6) is 0.0694. The number of alkyl halides is 3. The molecule has 1 aliphatic heterocycles. The molecule has 27 heavy (non-hydrogen) atoms. The van der Waals surface area contributed by atoms with Gasteiger partial charge in [0.2, 0.25) is 5.95 Å². The van der Waals surface area contributed by atoms with Gasteiger partial charge in [-0.2, -0.15) is 18.2 Å². The predicted octanol–water partition coefficient (Wildman–Crippen LogP) is 3.75. The van der Waals surface area contributed by atoms with Crippen LogP contribution in [-0.4, -0.2) is 28.2 Å². The van der Waals surface area contributed by atoms with Crippen molar-refractivity contribution >= 4 is 29.1 Å². The molecule has 5 nitrogen and oxygen atoms in total. The van der Waals surface area contributed by atoms with E-state index in [0.29, 0.717) is 19.6 Å². The average molecular weight is 395 g/mol. The number of rotatable bonds is 4. The number of hydrogen-bond donors (Lipinski definition) is 2. The molecule has 9 heteroatoms. The number of nitrogens with zero attached hydrogens (tertiary/aromatic N) is 3. The quantitative estimate of drug-likeness (QED) is 0.769. The Kier molecular flexibility index (Phi) is 5.79. The Bertz CT molecular complexity index is 825. The summed E-state index contributed by atoms with van der Waals surface area (Å²) in [5.41, 5.74) is 1.31. The van der Waals surface area contributed by atoms with Crippen LogP contribution in [0.4, 0.5) is 24.9 Å². The highest BCUT2D eigenvalue weighted by atomic mass is 32.1. The standard InChI is InChI=1S/C18H20F3N5S/c1-2-8-22-17(27)25-16-23-14(18(19,20)21)10-15(24-16)26-9-7-12-5-3-4-6-13(12)11-26/h3-6,10H,2,7-9,11H2,1H3,(H2,22,23,24,25,27). The minimum Gasteiger partial charge on any atom is -0.362 e. The third kappa shape index (κ3) is 4.85. The van der Waals surface area contributed by atoms with Crippen molar-refractivity contribution in [3.63, 3.8) is 0 Å². The van der Waals surface area contributed by atoms with E-state index in [0.717, 1.165) is 24.5 Å². The van der Waals surface area contributed by atoms with Gasteiger partial charge in [0, 0.05) is 25.7 Å². The molecule has 0 bridgehead atoms. The Balaban J connectivity index is 1.88. The lowest BCUT2D eigenvalue weighted by Crippen LogP contribution is -2.33. The molecule has 3 rings (SSSR count). The zero-order valence-electron chi connectivity index (χ0n) is 14.8. The first-order valence-electron chi connectivity index (χ1n) is 8.69. The van der Waals surface area contributed by atoms with Crippen LogP contribution in [0, 0.1) is 0 Å². The van der Waals surface area contributed by atoms with E-state index in [9.17, 15) is 13.2 Å². The molecule has 144 valence electrons. The first-order chi connectivity index (χ1) is 12.9. The third-order valence-corrected chi connectivity index (χ3v) is 4.46. The number of benzene rings is 1. The molecule has 2 N–H and O–H groups in total. The number of thiocarbonyl (C=S) groups is 1. The van der Waals surface area contributed by atoms with Crippen molar-refractivity contribution < 1.29 is 13.2 Å². The number of fused-ring (bicyclic) bond motifs is 1. The van der Waals surface area contributed by atoms with Gasteiger partial charge in [-0.15, -0.1) is 0 Å². The van der Waals surface area contributed by atoms with Crippen molar-refractivity contribution in [3.8, 4) is 0 Å². The maximum atomic E-state index is 13.3. The lowest BCUT2D eigenvalue weighted by Gasteiger charge is -2.30. The maximum absolute atomic E-state index is 13.3. The highest BCUT2D eigenvalue weighted by molar-refractivity contribution is 7.80. The van der Waals surface area contributed by atoms with E-state index in [4.69, 9.17) is 12.2 Å². The lowest BCUT2D eigenvalue weighted by molar-refractivity contribution is -0.141. The van der Waals surface area contributed by atoms with Crippen LogP contribution in [0.2, 0.25) is 0 Å². The summed E-state index contributed by atoms with van der Waals surface area (Å²) in [6, 6.07) is 8.90. The molecule has 0 saturated heterocycles. The normalized spacial score (nSPS) is 13.9. The monoisotopic (exact) mass is 395 g/mol. The van der Waals surface area contributed by atoms with Crippen LogP contribution >= 0.6 is 12.2 Å². The van der Waals surface area contributed by atoms with Gasteiger partial charge in [-0.25, -0.2) is 4.98 Å². The van der Waals surface area contributed by atoms with Gasteiger partial charge in [0.25, 0.3) is 0 Å². The SMILES string of the molecule is CCCNC(=S)Nc1nc(N2CCc3ccccc3C2)cc(C(F)(F)F)n1. The molecule has 0 aliphatic carbocycles. The molecule has 2 aromatic rings. The summed E-state index contributed by atoms with van der Waals surface area (Å²) in [6.07, 6.45) is -2.98. The maximum Gasteiger partial charge on any atom is 0.433 e. The van der Waals surface area contributed by atoms with Crippen molar-refractivity contribution in [3.05, 3.63) is 47.2 Å². The van der Waals surface area contributed by atoms with E-state index < -0.39 is 11.9 Å². The Morgan fingerprint density at radius 2 is 1.96 bits per heavy atom. The first-order valence-corrected chi connectivity index (χ1v) is 9.10. The van der Waals surface area contributed by atoms with Crippen LogP contribution in [-0.2, 0) is 19.1 Å². The third-order valence-electron chi connectivity index (χ3n) is 4.22. The number of hydrogen-bond acceptors (Lipinski definition) is 4. The molecular formula is C18H20F3N5S. The summed E-state index contributed by atoms with van der Waals surface area (Å²) >= 11 is 5.09. The second kappa shape index (κ2) is 8.08. The molecule has 1 aromatic carbocycles. The lowest BCUT2D eigenvalue weighted by atomic mass is 10.00. The molecule has 0 amide bonds. The molecule has 0 spiro atoms. The van der Waals surface area contributed by atoms with Crippen LogP contribution in [0.3, 0.4) is 0 Å². The second-order valence-electron chi connectivity index (χ2n) is 6.25. The fraction of sp³-hybridized carbons (Fsp3) is 0.389. The van der Waals surface area contributed by atoms with E-state index in [-0.39, 0.29) is 16.9 Å². The minimum absolute atomic E-state index is 0.160. The van der Waals surface area contributed by atoms with Gasteiger partial charge in [-0.05, 0) is 36.2 Å². The molecule has 0 fully saturated rings. The van der Waals surface area contributed by atoms with E-state index in [1.807, 2.05) is 36.1 Å². The van der Waals surface area contributed by atoms with Gasteiger partial charge in [-0.3, -0.25) is 0 Å². The summed E-state index contributed by atoms with van der Waals surface area (Å²) in [6.45, 7) is 3.66. The fourth-order valence-electron chi connectivity index (χ4n) is 2.87. The minimum atomic E-state index is -4.57. The van der Waals surface area contributed by atoms with Crippen LogP contribution < -0.4 is 15.5 Å². The van der Waals surface area contributed by atoms with Gasteiger partial charge in [0.15, 0.2) is 10.8 Å². The Labute approximate surface area is 161 Å². The van der Waals surface area contributed by atoms with E-state index in [2.05, 4.69) is 20.6 Å². The summed E-state index contributed by atoms with van der Waals surface area (Å²) < 4.78 is 39.9. The number of halogens is 3. The predicted molar refractivity (Wildman–Crippen MR) is 103 cm³/mol. The van der Waals surface area contributed by atoms with Crippen LogP contribution in [0.15, 0.2) is 30.3 Å². The summed E-state index contributed by atoms with van der Waals surface area (Å²) in [7, 11) is 0. The first kappa shape index (κ1) is 19.3. The van der Waals surface area contributed by atoms with Crippen molar-refractivity contribution in [2.75, 3.05) is 23.3 Å². The zero-order chi connectivity index (χ0) is 19.4. The van der Waals surface area contributed by atoms with Gasteiger partial charge in [-0.1, -0.05) is 31.2 Å². The van der Waals surface area contributed by atoms with Crippen molar-refractivity contribution in [1.29, 1.82) is 0 Å². The summed E-state index contributed by atoms with van der Waals surface area (Å²) in [5, 5.41) is 5.76.